The molecule has 2 aliphatic rings. The Balaban J connectivity index is 0.00000112. The van der Waals surface area contributed by atoms with E-state index in [-0.39, 0.29) is 8.29 Å². The van der Waals surface area contributed by atoms with E-state index in [2.05, 4.69) is 49.6 Å². The van der Waals surface area contributed by atoms with Crippen LogP contribution in [0.3, 0.4) is 0 Å². The van der Waals surface area contributed by atoms with Crippen LogP contribution in [0.2, 0.25) is 13.1 Å². The third-order valence-electron chi connectivity index (χ3n) is 2.68. The molecule has 0 amide bonds. The molecule has 0 unspecified atom stereocenters. The largest absolute Gasteiger partial charge is 1.00 e. The molecule has 2 rings (SSSR count). The molecule has 14 heavy (non-hydrogen) atoms. The van der Waals surface area contributed by atoms with Gasteiger partial charge in [-0.3, -0.25) is 0 Å². The first-order valence-corrected chi connectivity index (χ1v) is 13.8. The molecule has 0 atom stereocenters. The van der Waals surface area contributed by atoms with Crippen molar-refractivity contribution >= 4 is 5.43 Å². The van der Waals surface area contributed by atoms with Crippen molar-refractivity contribution < 1.29 is 23.2 Å². The second-order valence-electron chi connectivity index (χ2n) is 4.02. The van der Waals surface area contributed by atoms with Crippen LogP contribution in [0.5, 0.6) is 0 Å². The maximum absolute atomic E-state index is 2.51. The zero-order valence-electron chi connectivity index (χ0n) is 10.9. The van der Waals surface area contributed by atoms with Crippen molar-refractivity contribution in [3.63, 3.8) is 0 Å². The second kappa shape index (κ2) is 4.72. The molecule has 0 nitrogen and oxygen atoms in total. The van der Waals surface area contributed by atoms with Gasteiger partial charge in [0.2, 0.25) is 0 Å². The molecule has 74 valence electrons. The van der Waals surface area contributed by atoms with Gasteiger partial charge in [-0.05, 0) is 0 Å². The standard InChI is InChI=1S/2C5H5.C2H6Si.Zr.2H/c2*1-2-4-5-3-1;1-3-2;;;/h2*1-3H,4H2;1-2H3;;;/q;;;+2;2*-1. The number of rotatable bonds is 2. The Kier molecular flexibility index (Phi) is 3.57. The van der Waals surface area contributed by atoms with E-state index in [0.29, 0.717) is 0 Å². The maximum Gasteiger partial charge on any atom is -1.00 e. The Morgan fingerprint density at radius 3 is 1.86 bits per heavy atom. The Hall–Kier alpha value is 0.0600. The van der Waals surface area contributed by atoms with Crippen molar-refractivity contribution in [1.29, 1.82) is 0 Å². The average molecular weight is 282 g/mol. The summed E-state index contributed by atoms with van der Waals surface area (Å²) in [5, 5.41) is 0. The maximum atomic E-state index is 2.51. The Morgan fingerprint density at radius 2 is 1.57 bits per heavy atom. The fourth-order valence-corrected chi connectivity index (χ4v) is 19.0. The van der Waals surface area contributed by atoms with Gasteiger partial charge >= 0.3 is 94.8 Å². The van der Waals surface area contributed by atoms with Gasteiger partial charge in [-0.15, -0.1) is 0 Å². The summed E-state index contributed by atoms with van der Waals surface area (Å²) in [4.78, 5) is 0. The molecule has 0 spiro atoms. The molecule has 0 heterocycles. The van der Waals surface area contributed by atoms with Crippen molar-refractivity contribution in [2.75, 3.05) is 0 Å². The molecule has 0 aromatic rings. The van der Waals surface area contributed by atoms with Gasteiger partial charge in [0, 0.05) is 0 Å². The van der Waals surface area contributed by atoms with Crippen LogP contribution >= 0.6 is 0 Å². The van der Waals surface area contributed by atoms with Crippen molar-refractivity contribution in [2.45, 2.75) is 25.9 Å². The molecule has 0 radical (unpaired) electrons. The van der Waals surface area contributed by atoms with Gasteiger partial charge in [0.25, 0.3) is 0 Å². The van der Waals surface area contributed by atoms with E-state index in [1.165, 1.54) is 12.8 Å². The summed E-state index contributed by atoms with van der Waals surface area (Å²) in [6.45, 7) is 5.02. The van der Waals surface area contributed by atoms with Crippen LogP contribution < -0.4 is 0 Å². The van der Waals surface area contributed by atoms with E-state index in [0.717, 1.165) is 0 Å². The minimum Gasteiger partial charge on any atom is -1.00 e. The zero-order valence-corrected chi connectivity index (χ0v) is 12.3. The monoisotopic (exact) mass is 280 g/mol. The summed E-state index contributed by atoms with van der Waals surface area (Å²) in [5.74, 6) is 0. The van der Waals surface area contributed by atoms with E-state index >= 15 is 0 Å². The summed E-state index contributed by atoms with van der Waals surface area (Å²) < 4.78 is 3.67. The van der Waals surface area contributed by atoms with Crippen molar-refractivity contribution in [1.82, 2.24) is 0 Å². The third-order valence-corrected chi connectivity index (χ3v) is 19.8. The molecular weight excluding hydrogens is 263 g/mol. The van der Waals surface area contributed by atoms with Crippen LogP contribution in [0, 0.1) is 0 Å². The third kappa shape index (κ3) is 2.17. The predicted octanol–water partition coefficient (Wildman–Crippen LogP) is 3.77. The molecule has 0 bridgehead atoms. The summed E-state index contributed by atoms with van der Waals surface area (Å²) in [6, 6.07) is 0. The van der Waals surface area contributed by atoms with E-state index in [1.807, 2.05) is 6.56 Å². The molecule has 0 aliphatic heterocycles. The van der Waals surface area contributed by atoms with Crippen LogP contribution in [0.1, 0.15) is 15.7 Å². The molecule has 0 saturated carbocycles. The Labute approximate surface area is 97.3 Å². The quantitative estimate of drug-likeness (QED) is 0.676. The molecule has 2 aliphatic carbocycles. The molecular formula is C12H18SiZr. The van der Waals surface area contributed by atoms with E-state index in [9.17, 15) is 0 Å². The average Bonchev–Trinajstić information content (AvgIpc) is 2.75. The first-order chi connectivity index (χ1) is 6.79. The van der Waals surface area contributed by atoms with E-state index in [1.54, 1.807) is 0 Å². The Morgan fingerprint density at radius 1 is 1.07 bits per heavy atom. The smallest absolute Gasteiger partial charge is 1.00 e. The first-order valence-electron chi connectivity index (χ1n) is 5.18. The van der Waals surface area contributed by atoms with E-state index in [4.69, 9.17) is 0 Å². The minimum atomic E-state index is -1.33. The topological polar surface area (TPSA) is 0 Å². The van der Waals surface area contributed by atoms with Crippen LogP contribution in [0.4, 0.5) is 0 Å². The molecule has 0 aromatic heterocycles. The van der Waals surface area contributed by atoms with Crippen molar-refractivity contribution in [2.24, 2.45) is 0 Å². The van der Waals surface area contributed by atoms with Crippen LogP contribution in [-0.4, -0.2) is 5.43 Å². The number of hydrogen-bond acceptors (Lipinski definition) is 0. The summed E-state index contributed by atoms with van der Waals surface area (Å²) in [5.41, 5.74) is -0.0588. The van der Waals surface area contributed by atoms with Crippen LogP contribution in [0.25, 0.3) is 0 Å². The van der Waals surface area contributed by atoms with Crippen molar-refractivity contribution in [3.05, 3.63) is 43.0 Å². The fraction of sp³-hybridized carbons (Fsp3) is 0.333. The fourth-order valence-electron chi connectivity index (χ4n) is 2.11. The molecule has 0 saturated heterocycles. The Bertz CT molecular complexity index is 367. The van der Waals surface area contributed by atoms with Crippen LogP contribution in [-0.2, 0) is 20.4 Å². The molecule has 0 fully saturated rings. The van der Waals surface area contributed by atoms with Gasteiger partial charge in [0.05, 0.1) is 0 Å². The van der Waals surface area contributed by atoms with Gasteiger partial charge in [0.15, 0.2) is 0 Å². The van der Waals surface area contributed by atoms with Gasteiger partial charge in [-0.2, -0.15) is 0 Å². The number of allylic oxidation sites excluding steroid dienone is 8. The molecule has 2 heteroatoms. The summed E-state index contributed by atoms with van der Waals surface area (Å²) >= 11 is -1.33. The van der Waals surface area contributed by atoms with Gasteiger partial charge in [-0.1, -0.05) is 0 Å². The van der Waals surface area contributed by atoms with Crippen LogP contribution in [0.15, 0.2) is 43.0 Å². The SMILES string of the molecule is C[Si](C)=[Zr+2]([C]1=CC=CC1)[C]1=CC=CC1.[H-].[H-]. The summed E-state index contributed by atoms with van der Waals surface area (Å²) in [6.07, 6.45) is 16.5. The second-order valence-corrected chi connectivity index (χ2v) is 21.4. The zero-order chi connectivity index (χ0) is 9.97. The van der Waals surface area contributed by atoms with Crippen molar-refractivity contribution in [3.8, 4) is 0 Å². The molecule has 0 N–H and O–H groups in total. The molecule has 0 aromatic carbocycles. The van der Waals surface area contributed by atoms with Gasteiger partial charge in [0.1, 0.15) is 0 Å². The number of hydrogen-bond donors (Lipinski definition) is 0. The summed E-state index contributed by atoms with van der Waals surface area (Å²) in [7, 11) is 0. The van der Waals surface area contributed by atoms with Gasteiger partial charge in [-0.25, -0.2) is 0 Å². The normalized spacial score (nSPS) is 17.8. The predicted molar refractivity (Wildman–Crippen MR) is 63.4 cm³/mol. The van der Waals surface area contributed by atoms with E-state index < -0.39 is 20.4 Å². The van der Waals surface area contributed by atoms with Gasteiger partial charge < -0.3 is 2.85 Å². The minimum absolute atomic E-state index is 0. The first kappa shape index (κ1) is 10.6.